The smallest absolute Gasteiger partial charge is 0.258 e. The van der Waals surface area contributed by atoms with Crippen LogP contribution < -0.4 is 10.1 Å². The number of fused-ring (bicyclic) bond motifs is 1. The van der Waals surface area contributed by atoms with Crippen molar-refractivity contribution < 1.29 is 19.1 Å². The molecule has 1 aliphatic carbocycles. The van der Waals surface area contributed by atoms with Gasteiger partial charge in [-0.05, 0) is 61.9 Å². The minimum atomic E-state index is -0.490. The number of nitrogens with zero attached hydrogens (tertiary/aromatic N) is 1. The Balaban J connectivity index is 1.58. The van der Waals surface area contributed by atoms with Crippen molar-refractivity contribution in [1.29, 1.82) is 0 Å². The minimum Gasteiger partial charge on any atom is -0.496 e. The SMILES string of the molecule is CCOCc1cccc(NC(=O)C2CC3CCCCC3N2C(=O)c2ccccc2OC)c1. The van der Waals surface area contributed by atoms with Crippen molar-refractivity contribution in [3.63, 3.8) is 0 Å². The van der Waals surface area contributed by atoms with Crippen LogP contribution in [0.3, 0.4) is 0 Å². The lowest BCUT2D eigenvalue weighted by Crippen LogP contribution is -2.48. The lowest BCUT2D eigenvalue weighted by Gasteiger charge is -2.34. The number of hydrogen-bond acceptors (Lipinski definition) is 4. The third kappa shape index (κ3) is 4.65. The van der Waals surface area contributed by atoms with Gasteiger partial charge >= 0.3 is 0 Å². The number of ether oxygens (including phenoxy) is 2. The van der Waals surface area contributed by atoms with Crippen molar-refractivity contribution in [2.24, 2.45) is 5.92 Å². The maximum absolute atomic E-state index is 13.7. The normalized spacial score (nSPS) is 22.3. The van der Waals surface area contributed by atoms with Crippen LogP contribution in [0.15, 0.2) is 48.5 Å². The standard InChI is InChI=1S/C26H32N2O4/c1-3-32-17-18-9-8-11-20(15-18)27-25(29)23-16-19-10-4-6-13-22(19)28(23)26(30)21-12-5-7-14-24(21)31-2/h5,7-9,11-12,14-15,19,22-23H,3-4,6,10,13,16-17H2,1-2H3,(H,27,29). The van der Waals surface area contributed by atoms with E-state index < -0.39 is 6.04 Å². The molecule has 1 heterocycles. The predicted octanol–water partition coefficient (Wildman–Crippen LogP) is 4.64. The van der Waals surface area contributed by atoms with Gasteiger partial charge in [0, 0.05) is 18.3 Å². The topological polar surface area (TPSA) is 67.9 Å². The first kappa shape index (κ1) is 22.3. The van der Waals surface area contributed by atoms with E-state index in [1.165, 1.54) is 0 Å². The fourth-order valence-electron chi connectivity index (χ4n) is 5.13. The number of carbonyl (C=O) groups is 2. The molecule has 1 N–H and O–H groups in total. The molecule has 0 bridgehead atoms. The van der Waals surface area contributed by atoms with Crippen molar-refractivity contribution in [2.75, 3.05) is 19.0 Å². The van der Waals surface area contributed by atoms with Crippen LogP contribution in [0.5, 0.6) is 5.75 Å². The first-order chi connectivity index (χ1) is 15.6. The van der Waals surface area contributed by atoms with E-state index in [4.69, 9.17) is 9.47 Å². The highest BCUT2D eigenvalue weighted by Crippen LogP contribution is 2.41. The molecule has 0 aromatic heterocycles. The maximum atomic E-state index is 13.7. The van der Waals surface area contributed by atoms with Crippen molar-refractivity contribution >= 4 is 17.5 Å². The third-order valence-electron chi connectivity index (χ3n) is 6.63. The summed E-state index contributed by atoms with van der Waals surface area (Å²) >= 11 is 0. The molecule has 6 heteroatoms. The van der Waals surface area contributed by atoms with Crippen LogP contribution in [0.25, 0.3) is 0 Å². The molecule has 2 amide bonds. The summed E-state index contributed by atoms with van der Waals surface area (Å²) in [7, 11) is 1.57. The van der Waals surface area contributed by atoms with Gasteiger partial charge in [0.15, 0.2) is 0 Å². The summed E-state index contributed by atoms with van der Waals surface area (Å²) in [5.74, 6) is 0.653. The highest BCUT2D eigenvalue weighted by atomic mass is 16.5. The number of nitrogens with one attached hydrogen (secondary N) is 1. The zero-order chi connectivity index (χ0) is 22.5. The molecule has 3 unspecified atom stereocenters. The van der Waals surface area contributed by atoms with Crippen LogP contribution in [0.1, 0.15) is 54.9 Å². The molecule has 2 fully saturated rings. The van der Waals surface area contributed by atoms with Gasteiger partial charge in [-0.2, -0.15) is 0 Å². The molecule has 0 spiro atoms. The second-order valence-electron chi connectivity index (χ2n) is 8.60. The van der Waals surface area contributed by atoms with Crippen LogP contribution in [-0.2, 0) is 16.1 Å². The molecule has 2 aromatic carbocycles. The zero-order valence-electron chi connectivity index (χ0n) is 18.9. The second-order valence-corrected chi connectivity index (χ2v) is 8.60. The number of benzene rings is 2. The van der Waals surface area contributed by atoms with Crippen LogP contribution in [0.4, 0.5) is 5.69 Å². The van der Waals surface area contributed by atoms with Crippen LogP contribution >= 0.6 is 0 Å². The molecule has 0 radical (unpaired) electrons. The molecular formula is C26H32N2O4. The Bertz CT molecular complexity index is 960. The van der Waals surface area contributed by atoms with E-state index in [9.17, 15) is 9.59 Å². The Morgan fingerprint density at radius 3 is 2.72 bits per heavy atom. The van der Waals surface area contributed by atoms with E-state index in [1.54, 1.807) is 19.2 Å². The summed E-state index contributed by atoms with van der Waals surface area (Å²) in [6, 6.07) is 14.6. The maximum Gasteiger partial charge on any atom is 0.258 e. The van der Waals surface area contributed by atoms with Gasteiger partial charge in [-0.25, -0.2) is 0 Å². The Morgan fingerprint density at radius 1 is 1.09 bits per heavy atom. The fraction of sp³-hybridized carbons (Fsp3) is 0.462. The number of amides is 2. The summed E-state index contributed by atoms with van der Waals surface area (Å²) in [5.41, 5.74) is 2.25. The Labute approximate surface area is 189 Å². The molecule has 2 aliphatic rings. The second kappa shape index (κ2) is 10.2. The number of rotatable bonds is 7. The van der Waals surface area contributed by atoms with Gasteiger partial charge in [0.1, 0.15) is 11.8 Å². The molecule has 3 atom stereocenters. The molecule has 170 valence electrons. The average molecular weight is 437 g/mol. The summed E-state index contributed by atoms with van der Waals surface area (Å²) in [5, 5.41) is 3.06. The number of methoxy groups -OCH3 is 1. The molecule has 2 aromatic rings. The number of carbonyl (C=O) groups excluding carboxylic acids is 2. The highest BCUT2D eigenvalue weighted by Gasteiger charge is 2.48. The molecular weight excluding hydrogens is 404 g/mol. The van der Waals surface area contributed by atoms with Crippen molar-refractivity contribution in [3.8, 4) is 5.75 Å². The van der Waals surface area contributed by atoms with Crippen LogP contribution in [0.2, 0.25) is 0 Å². The summed E-state index contributed by atoms with van der Waals surface area (Å²) in [6.07, 6.45) is 4.96. The largest absolute Gasteiger partial charge is 0.496 e. The lowest BCUT2D eigenvalue weighted by atomic mass is 9.84. The van der Waals surface area contributed by atoms with Crippen LogP contribution in [0, 0.1) is 5.92 Å². The summed E-state index contributed by atoms with van der Waals surface area (Å²) in [6.45, 7) is 3.10. The molecule has 1 aliphatic heterocycles. The molecule has 1 saturated heterocycles. The molecule has 4 rings (SSSR count). The Morgan fingerprint density at radius 2 is 1.91 bits per heavy atom. The predicted molar refractivity (Wildman–Crippen MR) is 124 cm³/mol. The number of para-hydroxylation sites is 1. The lowest BCUT2D eigenvalue weighted by molar-refractivity contribution is -0.120. The minimum absolute atomic E-state index is 0.0983. The highest BCUT2D eigenvalue weighted by molar-refractivity contribution is 6.03. The quantitative estimate of drug-likeness (QED) is 0.686. The van der Waals surface area contributed by atoms with Gasteiger partial charge in [-0.15, -0.1) is 0 Å². The fourth-order valence-corrected chi connectivity index (χ4v) is 5.13. The zero-order valence-corrected chi connectivity index (χ0v) is 18.9. The van der Waals surface area contributed by atoms with E-state index >= 15 is 0 Å². The number of hydrogen-bond donors (Lipinski definition) is 1. The van der Waals surface area contributed by atoms with Gasteiger partial charge in [0.2, 0.25) is 5.91 Å². The first-order valence-corrected chi connectivity index (χ1v) is 11.6. The Hall–Kier alpha value is -2.86. The van der Waals surface area contributed by atoms with Crippen molar-refractivity contribution in [1.82, 2.24) is 4.90 Å². The van der Waals surface area contributed by atoms with Gasteiger partial charge in [0.05, 0.1) is 19.3 Å². The van der Waals surface area contributed by atoms with Crippen molar-refractivity contribution in [2.45, 2.75) is 57.7 Å². The van der Waals surface area contributed by atoms with Gasteiger partial charge < -0.3 is 19.7 Å². The van der Waals surface area contributed by atoms with Gasteiger partial charge in [0.25, 0.3) is 5.91 Å². The van der Waals surface area contributed by atoms with Crippen LogP contribution in [-0.4, -0.2) is 42.5 Å². The van der Waals surface area contributed by atoms with E-state index in [0.29, 0.717) is 36.9 Å². The summed E-state index contributed by atoms with van der Waals surface area (Å²) < 4.78 is 10.9. The average Bonchev–Trinajstić information content (AvgIpc) is 3.22. The molecule has 1 saturated carbocycles. The summed E-state index contributed by atoms with van der Waals surface area (Å²) in [4.78, 5) is 28.9. The molecule has 32 heavy (non-hydrogen) atoms. The van der Waals surface area contributed by atoms with E-state index in [0.717, 1.165) is 36.9 Å². The monoisotopic (exact) mass is 436 g/mol. The van der Waals surface area contributed by atoms with Gasteiger partial charge in [-0.3, -0.25) is 9.59 Å². The number of likely N-dealkylation sites (tertiary alicyclic amines) is 1. The van der Waals surface area contributed by atoms with E-state index in [2.05, 4.69) is 5.32 Å². The number of anilines is 1. The first-order valence-electron chi connectivity index (χ1n) is 11.6. The van der Waals surface area contributed by atoms with E-state index in [1.807, 2.05) is 48.2 Å². The van der Waals surface area contributed by atoms with E-state index in [-0.39, 0.29) is 17.9 Å². The molecule has 6 nitrogen and oxygen atoms in total. The third-order valence-corrected chi connectivity index (χ3v) is 6.63. The van der Waals surface area contributed by atoms with Crippen molar-refractivity contribution in [3.05, 3.63) is 59.7 Å². The Kier molecular flexibility index (Phi) is 7.10. The van der Waals surface area contributed by atoms with Gasteiger partial charge in [-0.1, -0.05) is 37.1 Å².